The zero-order valence-corrected chi connectivity index (χ0v) is 19.0. The third-order valence-electron chi connectivity index (χ3n) is 5.10. The van der Waals surface area contributed by atoms with Crippen LogP contribution in [0.15, 0.2) is 42.5 Å². The maximum Gasteiger partial charge on any atom is 0.255 e. The lowest BCUT2D eigenvalue weighted by Crippen LogP contribution is -3.00. The number of halogens is 3. The molecule has 1 amide bonds. The lowest BCUT2D eigenvalue weighted by Gasteiger charge is -2.35. The minimum atomic E-state index is -0.207. The van der Waals surface area contributed by atoms with Gasteiger partial charge in [0.05, 0.1) is 30.7 Å². The topological polar surface area (TPSA) is 38.3 Å². The number of rotatable bonds is 6. The summed E-state index contributed by atoms with van der Waals surface area (Å²) in [6.07, 6.45) is 2.31. The Morgan fingerprint density at radius 2 is 1.72 bits per heavy atom. The molecule has 0 radical (unpaired) electrons. The first-order chi connectivity index (χ1) is 13.3. The maximum absolute atomic E-state index is 12.4. The van der Waals surface area contributed by atoms with E-state index in [9.17, 15) is 4.79 Å². The van der Waals surface area contributed by atoms with Crippen LogP contribution in [-0.4, -0.2) is 44.2 Å². The van der Waals surface area contributed by atoms with Crippen LogP contribution in [0.3, 0.4) is 0 Å². The van der Waals surface area contributed by atoms with Gasteiger partial charge < -0.3 is 26.9 Å². The molecular formula is C22H27Cl3N2O2. The Kier molecular flexibility index (Phi) is 8.80. The molecule has 0 aliphatic carbocycles. The fourth-order valence-corrected chi connectivity index (χ4v) is 4.02. The molecule has 2 aromatic rings. The highest BCUT2D eigenvalue weighted by atomic mass is 35.5. The predicted molar refractivity (Wildman–Crippen MR) is 115 cm³/mol. The van der Waals surface area contributed by atoms with E-state index in [1.54, 1.807) is 18.2 Å². The first-order valence-corrected chi connectivity index (χ1v) is 10.3. The molecule has 4 nitrogen and oxygen atoms in total. The molecule has 1 N–H and O–H groups in total. The second-order valence-electron chi connectivity index (χ2n) is 8.11. The number of carbonyl (C=O) groups is 1. The molecule has 7 heteroatoms. The number of hydrogen-bond acceptors (Lipinski definition) is 2. The molecule has 2 aromatic carbocycles. The first kappa shape index (κ1) is 24.0. The van der Waals surface area contributed by atoms with Crippen molar-refractivity contribution in [1.29, 1.82) is 0 Å². The number of quaternary nitrogens is 1. The lowest BCUT2D eigenvalue weighted by molar-refractivity contribution is -0.907. The molecule has 0 atom stereocenters. The highest BCUT2D eigenvalue weighted by molar-refractivity contribution is 6.42. The highest BCUT2D eigenvalue weighted by Crippen LogP contribution is 2.24. The van der Waals surface area contributed by atoms with Gasteiger partial charge in [-0.25, -0.2) is 0 Å². The lowest BCUT2D eigenvalue weighted by atomic mass is 9.98. The van der Waals surface area contributed by atoms with E-state index >= 15 is 0 Å². The molecule has 0 unspecified atom stereocenters. The summed E-state index contributed by atoms with van der Waals surface area (Å²) in [7, 11) is 4.55. The molecule has 1 aliphatic rings. The van der Waals surface area contributed by atoms with Gasteiger partial charge in [0, 0.05) is 35.9 Å². The third-order valence-corrected chi connectivity index (χ3v) is 5.84. The van der Waals surface area contributed by atoms with Crippen molar-refractivity contribution in [2.24, 2.45) is 5.92 Å². The van der Waals surface area contributed by atoms with E-state index in [2.05, 4.69) is 31.5 Å². The van der Waals surface area contributed by atoms with Gasteiger partial charge in [0.15, 0.2) is 0 Å². The first-order valence-electron chi connectivity index (χ1n) is 9.57. The van der Waals surface area contributed by atoms with E-state index in [1.165, 1.54) is 5.56 Å². The molecular weight excluding hydrogens is 431 g/mol. The number of nitrogens with zero attached hydrogens (tertiary/aromatic N) is 1. The van der Waals surface area contributed by atoms with E-state index in [0.29, 0.717) is 15.6 Å². The van der Waals surface area contributed by atoms with Crippen molar-refractivity contribution in [3.05, 3.63) is 63.6 Å². The average Bonchev–Trinajstić information content (AvgIpc) is 2.65. The van der Waals surface area contributed by atoms with Crippen molar-refractivity contribution in [3.63, 3.8) is 0 Å². The van der Waals surface area contributed by atoms with Crippen LogP contribution in [0.25, 0.3) is 0 Å². The molecule has 1 saturated heterocycles. The van der Waals surface area contributed by atoms with Crippen LogP contribution in [0.1, 0.15) is 28.8 Å². The van der Waals surface area contributed by atoms with Crippen molar-refractivity contribution < 1.29 is 26.4 Å². The van der Waals surface area contributed by atoms with Crippen LogP contribution >= 0.6 is 23.2 Å². The number of anilines is 1. The summed E-state index contributed by atoms with van der Waals surface area (Å²) in [5.41, 5.74) is 2.49. The van der Waals surface area contributed by atoms with Gasteiger partial charge in [0.25, 0.3) is 5.91 Å². The van der Waals surface area contributed by atoms with Gasteiger partial charge in [-0.1, -0.05) is 35.3 Å². The summed E-state index contributed by atoms with van der Waals surface area (Å²) in [5, 5.41) is 3.70. The summed E-state index contributed by atoms with van der Waals surface area (Å²) in [5.74, 6) is 0.524. The van der Waals surface area contributed by atoms with Gasteiger partial charge in [-0.15, -0.1) is 0 Å². The van der Waals surface area contributed by atoms with Gasteiger partial charge in [0.1, 0.15) is 6.54 Å². The van der Waals surface area contributed by atoms with Crippen molar-refractivity contribution in [2.45, 2.75) is 19.4 Å². The molecule has 29 heavy (non-hydrogen) atoms. The van der Waals surface area contributed by atoms with Gasteiger partial charge >= 0.3 is 0 Å². The Morgan fingerprint density at radius 3 is 2.34 bits per heavy atom. The fourth-order valence-electron chi connectivity index (χ4n) is 3.72. The van der Waals surface area contributed by atoms with E-state index in [0.717, 1.165) is 55.2 Å². The van der Waals surface area contributed by atoms with Gasteiger partial charge in [-0.3, -0.25) is 4.79 Å². The van der Waals surface area contributed by atoms with Crippen LogP contribution in [0.4, 0.5) is 5.69 Å². The van der Waals surface area contributed by atoms with Crippen LogP contribution in [0.2, 0.25) is 10.0 Å². The Morgan fingerprint density at radius 1 is 1.07 bits per heavy atom. The minimum absolute atomic E-state index is 0. The van der Waals surface area contributed by atoms with Crippen molar-refractivity contribution in [1.82, 2.24) is 0 Å². The highest BCUT2D eigenvalue weighted by Gasteiger charge is 2.24. The number of hydrogen-bond donors (Lipinski definition) is 1. The van der Waals surface area contributed by atoms with Crippen LogP contribution in [-0.2, 0) is 11.3 Å². The molecule has 0 saturated carbocycles. The summed E-state index contributed by atoms with van der Waals surface area (Å²) < 4.78 is 6.41. The van der Waals surface area contributed by atoms with Crippen LogP contribution < -0.4 is 17.7 Å². The van der Waals surface area contributed by atoms with Gasteiger partial charge in [-0.2, -0.15) is 0 Å². The molecule has 0 spiro atoms. The Balaban J connectivity index is 0.00000300. The quantitative estimate of drug-likeness (QED) is 0.676. The molecule has 1 fully saturated rings. The van der Waals surface area contributed by atoms with Crippen LogP contribution in [0.5, 0.6) is 0 Å². The van der Waals surface area contributed by atoms with E-state index in [1.807, 2.05) is 12.1 Å². The Labute approximate surface area is 189 Å². The molecule has 0 bridgehead atoms. The number of carbonyl (C=O) groups excluding carboxylic acids is 1. The number of amides is 1. The second kappa shape index (κ2) is 10.6. The maximum atomic E-state index is 12.4. The van der Waals surface area contributed by atoms with E-state index in [4.69, 9.17) is 27.9 Å². The predicted octanol–water partition coefficient (Wildman–Crippen LogP) is 2.25. The normalized spacial score (nSPS) is 14.9. The largest absolute Gasteiger partial charge is 1.00 e. The Bertz CT molecular complexity index is 819. The van der Waals surface area contributed by atoms with Crippen LogP contribution in [0, 0.1) is 5.92 Å². The number of nitrogens with one attached hydrogen (secondary N) is 1. The van der Waals surface area contributed by atoms with Gasteiger partial charge in [-0.05, 0) is 43.2 Å². The molecule has 1 aliphatic heterocycles. The van der Waals surface area contributed by atoms with Crippen molar-refractivity contribution in [3.8, 4) is 0 Å². The minimum Gasteiger partial charge on any atom is -1.00 e. The summed E-state index contributed by atoms with van der Waals surface area (Å²) >= 11 is 11.9. The summed E-state index contributed by atoms with van der Waals surface area (Å²) in [6.45, 7) is 3.88. The summed E-state index contributed by atoms with van der Waals surface area (Å²) in [4.78, 5) is 12.4. The van der Waals surface area contributed by atoms with Crippen molar-refractivity contribution >= 4 is 34.8 Å². The fraction of sp³-hybridized carbons (Fsp3) is 0.409. The smallest absolute Gasteiger partial charge is 0.255 e. The zero-order chi connectivity index (χ0) is 20.1. The monoisotopic (exact) mass is 456 g/mol. The molecule has 3 rings (SSSR count). The SMILES string of the molecule is C[N+](C)(Cc1ccc(NC(=O)c2ccc(Cl)c(Cl)c2)cc1)CC1CCOCC1.[Cl-]. The standard InChI is InChI=1S/C22H26Cl2N2O2.ClH/c1-26(2,15-17-9-11-28-12-10-17)14-16-3-6-19(7-4-16)25-22(27)18-5-8-20(23)21(24)13-18;/h3-8,13,17H,9-12,14-15H2,1-2H3;1H. The number of benzene rings is 2. The summed E-state index contributed by atoms with van der Waals surface area (Å²) in [6, 6.07) is 12.9. The Hall–Kier alpha value is -1.30. The molecule has 1 heterocycles. The zero-order valence-electron chi connectivity index (χ0n) is 16.8. The number of ether oxygens (including phenoxy) is 1. The molecule has 158 valence electrons. The molecule has 0 aromatic heterocycles. The van der Waals surface area contributed by atoms with E-state index < -0.39 is 0 Å². The van der Waals surface area contributed by atoms with Gasteiger partial charge in [0.2, 0.25) is 0 Å². The van der Waals surface area contributed by atoms with E-state index in [-0.39, 0.29) is 18.3 Å². The average molecular weight is 458 g/mol. The second-order valence-corrected chi connectivity index (χ2v) is 8.93. The van der Waals surface area contributed by atoms with Crippen molar-refractivity contribution in [2.75, 3.05) is 39.2 Å². The third kappa shape index (κ3) is 7.16.